The minimum absolute atomic E-state index is 0.103. The second-order valence-electron chi connectivity index (χ2n) is 20.1. The van der Waals surface area contributed by atoms with E-state index in [4.69, 9.17) is 0 Å². The maximum absolute atomic E-state index is 2.44. The van der Waals surface area contributed by atoms with Gasteiger partial charge in [-0.1, -0.05) is 191 Å². The Morgan fingerprint density at radius 3 is 1.24 bits per heavy atom. The van der Waals surface area contributed by atoms with Crippen LogP contribution in [0.4, 0.5) is 34.1 Å². The molecule has 0 aliphatic heterocycles. The van der Waals surface area contributed by atoms with Crippen molar-refractivity contribution in [3.05, 3.63) is 258 Å². The largest absolute Gasteiger partial charge is 0.310 e. The van der Waals surface area contributed by atoms with Crippen molar-refractivity contribution in [2.75, 3.05) is 9.80 Å². The average Bonchev–Trinajstić information content (AvgIpc) is 3.74. The normalized spacial score (nSPS) is 14.3. The lowest BCUT2D eigenvalue weighted by Gasteiger charge is -2.30. The lowest BCUT2D eigenvalue weighted by molar-refractivity contribution is 0.639. The Hall–Kier alpha value is -8.20. The Morgan fingerprint density at radius 1 is 0.343 bits per heavy atom. The topological polar surface area (TPSA) is 6.48 Å². The van der Waals surface area contributed by atoms with Crippen molar-refractivity contribution in [1.29, 1.82) is 0 Å². The first kappa shape index (κ1) is 43.1. The molecular formula is C68H56N2. The smallest absolute Gasteiger partial charge is 0.0468 e. The molecule has 10 aromatic rings. The molecule has 0 N–H and O–H groups in total. The van der Waals surface area contributed by atoms with E-state index in [1.807, 2.05) is 0 Å². The van der Waals surface area contributed by atoms with E-state index in [-0.39, 0.29) is 10.8 Å². The van der Waals surface area contributed by atoms with Crippen LogP contribution in [0.25, 0.3) is 60.5 Å². The molecule has 338 valence electrons. The van der Waals surface area contributed by atoms with Gasteiger partial charge in [0.15, 0.2) is 0 Å². The molecule has 2 aliphatic rings. The molecule has 2 heteroatoms. The van der Waals surface area contributed by atoms with E-state index in [9.17, 15) is 0 Å². The van der Waals surface area contributed by atoms with E-state index < -0.39 is 0 Å². The molecule has 0 aromatic heterocycles. The molecule has 10 aromatic carbocycles. The van der Waals surface area contributed by atoms with Crippen molar-refractivity contribution in [2.45, 2.75) is 52.4 Å². The first-order valence-electron chi connectivity index (χ1n) is 24.7. The molecule has 0 bridgehead atoms. The Balaban J connectivity index is 1.10. The Morgan fingerprint density at radius 2 is 0.743 bits per heavy atom. The molecule has 2 aliphatic carbocycles. The lowest BCUT2D eigenvalue weighted by atomic mass is 9.81. The Bertz CT molecular complexity index is 3710. The fourth-order valence-electron chi connectivity index (χ4n) is 11.7. The predicted octanol–water partition coefficient (Wildman–Crippen LogP) is 19.2. The van der Waals surface area contributed by atoms with Gasteiger partial charge in [-0.05, 0) is 169 Å². The van der Waals surface area contributed by atoms with Gasteiger partial charge >= 0.3 is 0 Å². The number of hydrogen-bond acceptors (Lipinski definition) is 2. The van der Waals surface area contributed by atoms with Crippen molar-refractivity contribution in [1.82, 2.24) is 0 Å². The van der Waals surface area contributed by atoms with E-state index in [0.717, 1.165) is 34.1 Å². The molecular weight excluding hydrogens is 845 g/mol. The zero-order chi connectivity index (χ0) is 47.7. The van der Waals surface area contributed by atoms with Crippen LogP contribution in [-0.2, 0) is 10.8 Å². The summed E-state index contributed by atoms with van der Waals surface area (Å²) in [4.78, 5) is 4.88. The van der Waals surface area contributed by atoms with Gasteiger partial charge in [0, 0.05) is 45.0 Å². The van der Waals surface area contributed by atoms with Crippen LogP contribution in [0.5, 0.6) is 0 Å². The molecule has 0 saturated carbocycles. The number of fused-ring (bicyclic) bond motifs is 6. The zero-order valence-electron chi connectivity index (χ0n) is 40.8. The average molecular weight is 901 g/mol. The van der Waals surface area contributed by atoms with Crippen LogP contribution in [-0.4, -0.2) is 0 Å². The van der Waals surface area contributed by atoms with Gasteiger partial charge in [0.2, 0.25) is 0 Å². The fourth-order valence-corrected chi connectivity index (χ4v) is 11.7. The minimum atomic E-state index is -0.129. The summed E-state index contributed by atoms with van der Waals surface area (Å²) in [6.07, 6.45) is 4.44. The van der Waals surface area contributed by atoms with E-state index in [1.54, 1.807) is 0 Å². The third-order valence-electron chi connectivity index (χ3n) is 15.5. The number of anilines is 6. The Kier molecular flexibility index (Phi) is 10.3. The van der Waals surface area contributed by atoms with Crippen LogP contribution in [0, 0.1) is 0 Å². The minimum Gasteiger partial charge on any atom is -0.310 e. The maximum Gasteiger partial charge on any atom is 0.0468 e. The molecule has 12 rings (SSSR count). The number of rotatable bonds is 9. The quantitative estimate of drug-likeness (QED) is 0.133. The summed E-state index contributed by atoms with van der Waals surface area (Å²) in [5.41, 5.74) is 22.1. The highest BCUT2D eigenvalue weighted by atomic mass is 15.1. The highest BCUT2D eigenvalue weighted by molar-refractivity contribution is 6.22. The molecule has 0 heterocycles. The summed E-state index contributed by atoms with van der Waals surface area (Å²) in [7, 11) is 0. The van der Waals surface area contributed by atoms with Gasteiger partial charge in [-0.3, -0.25) is 0 Å². The van der Waals surface area contributed by atoms with Crippen molar-refractivity contribution in [3.8, 4) is 33.4 Å². The second kappa shape index (κ2) is 16.8. The molecule has 0 fully saturated rings. The van der Waals surface area contributed by atoms with Gasteiger partial charge in [0.25, 0.3) is 0 Å². The fraction of sp³-hybridized carbons (Fsp3) is 0.118. The Labute approximate surface area is 413 Å². The number of benzene rings is 10. The van der Waals surface area contributed by atoms with Crippen LogP contribution in [0.1, 0.15) is 63.8 Å². The molecule has 0 atom stereocenters. The molecule has 0 unspecified atom stereocenters. The van der Waals surface area contributed by atoms with E-state index in [1.165, 1.54) is 88.3 Å². The molecule has 0 radical (unpaired) electrons. The van der Waals surface area contributed by atoms with E-state index >= 15 is 0 Å². The maximum atomic E-state index is 2.44. The number of nitrogens with zero attached hydrogens (tertiary/aromatic N) is 2. The molecule has 2 nitrogen and oxygen atoms in total. The summed E-state index contributed by atoms with van der Waals surface area (Å²) >= 11 is 0. The van der Waals surface area contributed by atoms with Gasteiger partial charge in [-0.2, -0.15) is 0 Å². The molecule has 70 heavy (non-hydrogen) atoms. The summed E-state index contributed by atoms with van der Waals surface area (Å²) in [5.74, 6) is 0. The summed E-state index contributed by atoms with van der Waals surface area (Å²) < 4.78 is 0. The van der Waals surface area contributed by atoms with Gasteiger partial charge in [0.1, 0.15) is 0 Å². The van der Waals surface area contributed by atoms with Crippen molar-refractivity contribution in [3.63, 3.8) is 0 Å². The van der Waals surface area contributed by atoms with Crippen LogP contribution in [0.3, 0.4) is 0 Å². The van der Waals surface area contributed by atoms with E-state index in [0.29, 0.717) is 0 Å². The van der Waals surface area contributed by atoms with Gasteiger partial charge in [-0.25, -0.2) is 0 Å². The number of hydrogen-bond donors (Lipinski definition) is 0. The summed E-state index contributed by atoms with van der Waals surface area (Å²) in [6.45, 7) is 13.9. The van der Waals surface area contributed by atoms with Crippen molar-refractivity contribution >= 4 is 61.2 Å². The molecule has 0 saturated heterocycles. The summed E-state index contributed by atoms with van der Waals surface area (Å²) in [6, 6.07) is 81.1. The highest BCUT2D eigenvalue weighted by Crippen LogP contribution is 2.53. The van der Waals surface area contributed by atoms with E-state index in [2.05, 4.69) is 282 Å². The van der Waals surface area contributed by atoms with Gasteiger partial charge in [0.05, 0.1) is 0 Å². The highest BCUT2D eigenvalue weighted by Gasteiger charge is 2.37. The van der Waals surface area contributed by atoms with Crippen LogP contribution >= 0.6 is 0 Å². The predicted molar refractivity (Wildman–Crippen MR) is 300 cm³/mol. The monoisotopic (exact) mass is 900 g/mol. The van der Waals surface area contributed by atoms with Crippen molar-refractivity contribution < 1.29 is 0 Å². The second-order valence-corrected chi connectivity index (χ2v) is 20.1. The SMILES string of the molecule is CC=CC1=C(C)C(C)(C)c2cc(N(c3ccccc3)c3ccc4c(-c5ccccc5)c5cc(N(c6ccccc6)c6ccc7c(c6)C(C)(C)c6ccccc6-7)ccc5c(-c5ccccc5)c4c3)ccc21. The molecule has 0 amide bonds. The summed E-state index contributed by atoms with van der Waals surface area (Å²) in [5, 5.41) is 4.83. The number of para-hydroxylation sites is 2. The lowest BCUT2D eigenvalue weighted by Crippen LogP contribution is -2.17. The number of allylic oxidation sites excluding steroid dienone is 4. The van der Waals surface area contributed by atoms with Crippen molar-refractivity contribution in [2.24, 2.45) is 0 Å². The standard InChI is InChI=1S/C68H56N2/c1-7-22-54-45(2)67(3,4)63-43-52(33-37-56(54)63)69(48-27-16-10-17-28-48)50-35-39-58-60(41-50)65(46-23-12-8-13-24-46)59-40-36-51(42-61(59)66(58)47-25-14-9-15-26-47)70(49-29-18-11-19-30-49)53-34-38-57-55-31-20-21-32-62(55)68(5,6)64(57)44-53/h7-44H,1-6H3. The zero-order valence-corrected chi connectivity index (χ0v) is 40.8. The van der Waals surface area contributed by atoms with Crippen LogP contribution in [0.15, 0.2) is 236 Å². The van der Waals surface area contributed by atoms with Gasteiger partial charge < -0.3 is 9.80 Å². The molecule has 0 spiro atoms. The first-order valence-corrected chi connectivity index (χ1v) is 24.7. The van der Waals surface area contributed by atoms with Crippen LogP contribution in [0.2, 0.25) is 0 Å². The third-order valence-corrected chi connectivity index (χ3v) is 15.5. The third kappa shape index (κ3) is 6.84. The first-order chi connectivity index (χ1) is 34.1. The van der Waals surface area contributed by atoms with Gasteiger partial charge in [-0.15, -0.1) is 0 Å². The van der Waals surface area contributed by atoms with Crippen LogP contribution < -0.4 is 9.80 Å².